The largest absolute Gasteiger partial charge is 0.478 e. The van der Waals surface area contributed by atoms with E-state index in [-0.39, 0.29) is 5.56 Å². The van der Waals surface area contributed by atoms with Crippen LogP contribution in [0.3, 0.4) is 0 Å². The number of H-pyrrole nitrogens is 2. The quantitative estimate of drug-likeness (QED) is 0.621. The molecule has 84 valence electrons. The van der Waals surface area contributed by atoms with Crippen LogP contribution >= 0.6 is 0 Å². The number of nitrogens with one attached hydrogen (secondary N) is 2. The maximum atomic E-state index is 10.8. The van der Waals surface area contributed by atoms with Gasteiger partial charge in [0.1, 0.15) is 5.69 Å². The molecule has 1 aromatic carbocycles. The van der Waals surface area contributed by atoms with Gasteiger partial charge < -0.3 is 10.1 Å². The lowest BCUT2D eigenvalue weighted by molar-refractivity contribution is 0.0697. The average Bonchev–Trinajstić information content (AvgIpc) is 2.96. The predicted molar refractivity (Wildman–Crippen MR) is 60.6 cm³/mol. The highest BCUT2D eigenvalue weighted by molar-refractivity contribution is 5.92. The molecule has 0 atom stereocenters. The highest BCUT2D eigenvalue weighted by Gasteiger charge is 2.09. The van der Waals surface area contributed by atoms with Crippen molar-refractivity contribution in [1.29, 1.82) is 0 Å². The Labute approximate surface area is 95.3 Å². The summed E-state index contributed by atoms with van der Waals surface area (Å²) >= 11 is 0. The summed E-state index contributed by atoms with van der Waals surface area (Å²) in [5.74, 6) is -0.315. The number of aromatic amines is 2. The van der Waals surface area contributed by atoms with Gasteiger partial charge in [-0.1, -0.05) is 0 Å². The Bertz CT molecular complexity index is 685. The number of fused-ring (bicyclic) bond motifs is 1. The van der Waals surface area contributed by atoms with Gasteiger partial charge in [0, 0.05) is 6.20 Å². The normalized spacial score (nSPS) is 10.8. The van der Waals surface area contributed by atoms with E-state index in [1.54, 1.807) is 24.4 Å². The summed E-state index contributed by atoms with van der Waals surface area (Å²) in [7, 11) is 0. The molecule has 6 nitrogen and oxygen atoms in total. The molecule has 0 aliphatic carbocycles. The Morgan fingerprint density at radius 1 is 1.29 bits per heavy atom. The molecule has 3 N–H and O–H groups in total. The van der Waals surface area contributed by atoms with Crippen LogP contribution in [0.2, 0.25) is 0 Å². The molecule has 0 saturated carbocycles. The Morgan fingerprint density at radius 2 is 2.18 bits per heavy atom. The van der Waals surface area contributed by atoms with Crippen molar-refractivity contribution in [2.75, 3.05) is 0 Å². The maximum absolute atomic E-state index is 10.8. The molecule has 0 aliphatic rings. The number of aromatic nitrogens is 4. The number of hydrogen-bond donors (Lipinski definition) is 3. The van der Waals surface area contributed by atoms with Gasteiger partial charge in [0.2, 0.25) is 0 Å². The van der Waals surface area contributed by atoms with Crippen LogP contribution in [-0.4, -0.2) is 31.2 Å². The van der Waals surface area contributed by atoms with Crippen LogP contribution in [0.5, 0.6) is 0 Å². The molecule has 2 heterocycles. The molecule has 0 fully saturated rings. The van der Waals surface area contributed by atoms with Crippen molar-refractivity contribution in [2.24, 2.45) is 0 Å². The van der Waals surface area contributed by atoms with Crippen LogP contribution in [0.1, 0.15) is 10.4 Å². The van der Waals surface area contributed by atoms with Gasteiger partial charge in [-0.15, -0.1) is 0 Å². The number of hydrogen-bond acceptors (Lipinski definition) is 3. The zero-order valence-corrected chi connectivity index (χ0v) is 8.64. The van der Waals surface area contributed by atoms with Crippen LogP contribution in [0.4, 0.5) is 0 Å². The third kappa shape index (κ3) is 1.55. The molecule has 2 aromatic heterocycles. The van der Waals surface area contributed by atoms with E-state index < -0.39 is 5.97 Å². The van der Waals surface area contributed by atoms with E-state index in [0.717, 1.165) is 11.2 Å². The first-order valence-electron chi connectivity index (χ1n) is 4.97. The second-order valence-corrected chi connectivity index (χ2v) is 3.59. The maximum Gasteiger partial charge on any atom is 0.335 e. The molecule has 0 amide bonds. The first-order chi connectivity index (χ1) is 8.24. The third-order valence-electron chi connectivity index (χ3n) is 2.48. The number of benzene rings is 1. The van der Waals surface area contributed by atoms with Crippen LogP contribution in [0.25, 0.3) is 22.6 Å². The fourth-order valence-corrected chi connectivity index (χ4v) is 1.66. The van der Waals surface area contributed by atoms with Crippen LogP contribution in [0, 0.1) is 0 Å². The highest BCUT2D eigenvalue weighted by atomic mass is 16.4. The summed E-state index contributed by atoms with van der Waals surface area (Å²) in [6.45, 7) is 0. The van der Waals surface area contributed by atoms with E-state index >= 15 is 0 Å². The van der Waals surface area contributed by atoms with Gasteiger partial charge >= 0.3 is 5.97 Å². The topological polar surface area (TPSA) is 94.7 Å². The molecule has 0 unspecified atom stereocenters. The molecule has 3 aromatic rings. The number of nitrogens with zero attached hydrogens (tertiary/aromatic N) is 2. The second-order valence-electron chi connectivity index (χ2n) is 3.59. The number of aromatic carboxylic acids is 1. The van der Waals surface area contributed by atoms with Gasteiger partial charge in [0.15, 0.2) is 5.82 Å². The summed E-state index contributed by atoms with van der Waals surface area (Å²) in [4.78, 5) is 18.2. The molecule has 3 rings (SSSR count). The van der Waals surface area contributed by atoms with Gasteiger partial charge in [0.25, 0.3) is 0 Å². The van der Waals surface area contributed by atoms with Crippen LogP contribution in [-0.2, 0) is 0 Å². The first kappa shape index (κ1) is 9.59. The van der Waals surface area contributed by atoms with E-state index in [1.807, 2.05) is 0 Å². The van der Waals surface area contributed by atoms with E-state index in [2.05, 4.69) is 20.2 Å². The average molecular weight is 228 g/mol. The fourth-order valence-electron chi connectivity index (χ4n) is 1.66. The van der Waals surface area contributed by atoms with E-state index in [1.165, 1.54) is 6.07 Å². The second kappa shape index (κ2) is 3.44. The van der Waals surface area contributed by atoms with Crippen molar-refractivity contribution in [2.45, 2.75) is 0 Å². The fraction of sp³-hybridized carbons (Fsp3) is 0. The van der Waals surface area contributed by atoms with E-state index in [9.17, 15) is 4.79 Å². The molecule has 6 heteroatoms. The summed E-state index contributed by atoms with van der Waals surface area (Å²) < 4.78 is 0. The molecule has 0 bridgehead atoms. The van der Waals surface area contributed by atoms with Crippen LogP contribution in [0.15, 0.2) is 30.5 Å². The predicted octanol–water partition coefficient (Wildman–Crippen LogP) is 1.65. The number of carboxylic acids is 1. The van der Waals surface area contributed by atoms with Crippen molar-refractivity contribution >= 4 is 17.0 Å². The molecule has 0 aliphatic heterocycles. The zero-order valence-electron chi connectivity index (χ0n) is 8.64. The third-order valence-corrected chi connectivity index (χ3v) is 2.48. The molecule has 0 spiro atoms. The number of rotatable bonds is 2. The Hall–Kier alpha value is -2.63. The molecular formula is C11H8N4O2. The molecular weight excluding hydrogens is 220 g/mol. The molecule has 17 heavy (non-hydrogen) atoms. The standard InChI is InChI=1S/C11H8N4O2/c16-11(17)6-1-2-7-9(5-6)14-10(13-7)8-3-4-12-15-8/h1-5H,(H,12,15)(H,13,14)(H,16,17). The highest BCUT2D eigenvalue weighted by Crippen LogP contribution is 2.19. The van der Waals surface area contributed by atoms with Crippen molar-refractivity contribution in [1.82, 2.24) is 20.2 Å². The zero-order chi connectivity index (χ0) is 11.8. The minimum absolute atomic E-state index is 0.234. The van der Waals surface area contributed by atoms with Gasteiger partial charge in [-0.2, -0.15) is 5.10 Å². The minimum atomic E-state index is -0.954. The van der Waals surface area contributed by atoms with Crippen molar-refractivity contribution < 1.29 is 9.90 Å². The monoisotopic (exact) mass is 228 g/mol. The summed E-state index contributed by atoms with van der Waals surface area (Å²) in [6.07, 6.45) is 1.63. The van der Waals surface area contributed by atoms with E-state index in [4.69, 9.17) is 5.11 Å². The SMILES string of the molecule is O=C(O)c1ccc2nc(-c3ccn[nH]3)[nH]c2c1. The summed E-state index contributed by atoms with van der Waals surface area (Å²) in [5, 5.41) is 15.5. The van der Waals surface area contributed by atoms with Gasteiger partial charge in [0.05, 0.1) is 16.6 Å². The number of imidazole rings is 1. The molecule has 0 radical (unpaired) electrons. The van der Waals surface area contributed by atoms with E-state index in [0.29, 0.717) is 11.3 Å². The Balaban J connectivity index is 2.16. The minimum Gasteiger partial charge on any atom is -0.478 e. The van der Waals surface area contributed by atoms with Crippen molar-refractivity contribution in [3.05, 3.63) is 36.0 Å². The van der Waals surface area contributed by atoms with Crippen LogP contribution < -0.4 is 0 Å². The lowest BCUT2D eigenvalue weighted by Gasteiger charge is -1.92. The first-order valence-corrected chi connectivity index (χ1v) is 4.97. The van der Waals surface area contributed by atoms with Gasteiger partial charge in [-0.3, -0.25) is 5.10 Å². The Kier molecular flexibility index (Phi) is 1.94. The summed E-state index contributed by atoms with van der Waals surface area (Å²) in [6, 6.07) is 6.55. The summed E-state index contributed by atoms with van der Waals surface area (Å²) in [5.41, 5.74) is 2.41. The van der Waals surface area contributed by atoms with Gasteiger partial charge in [-0.05, 0) is 24.3 Å². The van der Waals surface area contributed by atoms with Crippen molar-refractivity contribution in [3.63, 3.8) is 0 Å². The number of carbonyl (C=O) groups is 1. The Morgan fingerprint density at radius 3 is 2.88 bits per heavy atom. The lowest BCUT2D eigenvalue weighted by atomic mass is 10.2. The molecule has 0 saturated heterocycles. The number of carboxylic acid groups (broad SMARTS) is 1. The van der Waals surface area contributed by atoms with Gasteiger partial charge in [-0.25, -0.2) is 9.78 Å². The van der Waals surface area contributed by atoms with Crippen molar-refractivity contribution in [3.8, 4) is 11.5 Å². The smallest absolute Gasteiger partial charge is 0.335 e. The lowest BCUT2D eigenvalue weighted by Crippen LogP contribution is -1.94.